The van der Waals surface area contributed by atoms with Gasteiger partial charge in [0.1, 0.15) is 4.75 Å². The van der Waals surface area contributed by atoms with Crippen LogP contribution < -0.4 is 4.72 Å². The molecule has 1 N–H and O–H groups in total. The summed E-state index contributed by atoms with van der Waals surface area (Å²) in [4.78, 5) is 10.9. The summed E-state index contributed by atoms with van der Waals surface area (Å²) in [5.41, 5.74) is 0. The van der Waals surface area contributed by atoms with E-state index >= 15 is 0 Å². The van der Waals surface area contributed by atoms with E-state index in [1.54, 1.807) is 27.7 Å². The van der Waals surface area contributed by atoms with Crippen LogP contribution in [0.3, 0.4) is 0 Å². The van der Waals surface area contributed by atoms with Gasteiger partial charge in [-0.25, -0.2) is 9.18 Å². The van der Waals surface area contributed by atoms with Crippen molar-refractivity contribution < 1.29 is 18.5 Å². The highest BCUT2D eigenvalue weighted by atomic mass is 32.2. The van der Waals surface area contributed by atoms with Gasteiger partial charge in [0.2, 0.25) is 6.17 Å². The van der Waals surface area contributed by atoms with E-state index in [-0.39, 0.29) is 13.2 Å². The number of ether oxygens (including phenoxy) is 1. The zero-order chi connectivity index (χ0) is 12.1. The second kappa shape index (κ2) is 6.30. The molecule has 0 heterocycles. The van der Waals surface area contributed by atoms with Crippen molar-refractivity contribution in [1.29, 1.82) is 0 Å². The lowest BCUT2D eigenvalue weighted by atomic mass is 10.3. The number of rotatable bonds is 5. The lowest BCUT2D eigenvalue weighted by molar-refractivity contribution is -0.148. The molecule has 2 unspecified atom stereocenters. The fourth-order valence-corrected chi connectivity index (χ4v) is 1.41. The molecule has 0 aromatic rings. The van der Waals surface area contributed by atoms with Gasteiger partial charge in [-0.3, -0.25) is 0 Å². The fraction of sp³-hybridized carbons (Fsp3) is 0.889. The van der Waals surface area contributed by atoms with Crippen molar-refractivity contribution in [3.63, 3.8) is 0 Å². The van der Waals surface area contributed by atoms with Gasteiger partial charge in [0, 0.05) is 11.4 Å². The predicted molar refractivity (Wildman–Crippen MR) is 57.4 cm³/mol. The van der Waals surface area contributed by atoms with Crippen LogP contribution in [0.4, 0.5) is 4.39 Å². The number of alkyl halides is 1. The second-order valence-electron chi connectivity index (χ2n) is 3.95. The minimum absolute atomic E-state index is 0.140. The van der Waals surface area contributed by atoms with Crippen molar-refractivity contribution in [1.82, 2.24) is 4.72 Å². The summed E-state index contributed by atoms with van der Waals surface area (Å²) in [6.45, 7) is 6.73. The van der Waals surface area contributed by atoms with E-state index < -0.39 is 28.2 Å². The third-order valence-corrected chi connectivity index (χ3v) is 3.03. The Balaban J connectivity index is 3.90. The zero-order valence-corrected chi connectivity index (χ0v) is 10.3. The molecule has 2 atom stereocenters. The molecular formula is C9H18FNO3S. The topological polar surface area (TPSA) is 61.4 Å². The smallest absolute Gasteiger partial charge is 0.342 e. The molecule has 0 aromatic heterocycles. The van der Waals surface area contributed by atoms with Gasteiger partial charge in [-0.15, -0.1) is 4.72 Å². The van der Waals surface area contributed by atoms with Crippen LogP contribution in [-0.4, -0.2) is 34.6 Å². The summed E-state index contributed by atoms with van der Waals surface area (Å²) < 4.78 is 30.9. The molecule has 0 aliphatic rings. The average Bonchev–Trinajstić information content (AvgIpc) is 2.12. The van der Waals surface area contributed by atoms with Crippen LogP contribution in [0, 0.1) is 0 Å². The van der Waals surface area contributed by atoms with Gasteiger partial charge in [0.15, 0.2) is 0 Å². The largest absolute Gasteiger partial charge is 0.598 e. The van der Waals surface area contributed by atoms with Gasteiger partial charge in [-0.05, 0) is 27.7 Å². The fourth-order valence-electron chi connectivity index (χ4n) is 0.681. The molecule has 0 aliphatic heterocycles. The average molecular weight is 239 g/mol. The maximum absolute atomic E-state index is 13.1. The Bertz CT molecular complexity index is 208. The maximum atomic E-state index is 13.1. The molecule has 0 saturated carbocycles. The van der Waals surface area contributed by atoms with Crippen molar-refractivity contribution in [2.24, 2.45) is 0 Å². The summed E-state index contributed by atoms with van der Waals surface area (Å²) in [6.07, 6.45) is -1.77. The third kappa shape index (κ3) is 5.96. The van der Waals surface area contributed by atoms with Gasteiger partial charge in [-0.2, -0.15) is 0 Å². The molecule has 0 saturated heterocycles. The van der Waals surface area contributed by atoms with Crippen LogP contribution in [0.5, 0.6) is 0 Å². The monoisotopic (exact) mass is 239 g/mol. The van der Waals surface area contributed by atoms with Crippen LogP contribution in [0.1, 0.15) is 27.7 Å². The molecular weight excluding hydrogens is 221 g/mol. The molecule has 0 rings (SSSR count). The SMILES string of the molecule is CCOC(=O)C(F)CN[S+]([O-])C(C)(C)C. The van der Waals surface area contributed by atoms with Crippen molar-refractivity contribution >= 4 is 17.3 Å². The minimum Gasteiger partial charge on any atom is -0.598 e. The Hall–Kier alpha value is -0.330. The van der Waals surface area contributed by atoms with Crippen LogP contribution in [0.2, 0.25) is 0 Å². The van der Waals surface area contributed by atoms with Gasteiger partial charge in [0.25, 0.3) is 0 Å². The Labute approximate surface area is 92.9 Å². The molecule has 0 bridgehead atoms. The van der Waals surface area contributed by atoms with Crippen molar-refractivity contribution in [2.45, 2.75) is 38.6 Å². The molecule has 0 aromatic carbocycles. The Morgan fingerprint density at radius 2 is 2.13 bits per heavy atom. The number of hydrogen-bond acceptors (Lipinski definition) is 4. The van der Waals surface area contributed by atoms with Crippen LogP contribution in [0.25, 0.3) is 0 Å². The summed E-state index contributed by atoms with van der Waals surface area (Å²) >= 11 is -1.38. The molecule has 90 valence electrons. The first-order valence-corrected chi connectivity index (χ1v) is 5.90. The third-order valence-electron chi connectivity index (χ3n) is 1.49. The number of nitrogens with one attached hydrogen (secondary N) is 1. The quantitative estimate of drug-likeness (QED) is 0.573. The second-order valence-corrected chi connectivity index (χ2v) is 6.00. The molecule has 0 fully saturated rings. The molecule has 0 radical (unpaired) electrons. The molecule has 4 nitrogen and oxygen atoms in total. The van der Waals surface area contributed by atoms with E-state index in [9.17, 15) is 13.7 Å². The summed E-state index contributed by atoms with van der Waals surface area (Å²) in [7, 11) is 0. The Morgan fingerprint density at radius 1 is 1.60 bits per heavy atom. The van der Waals surface area contributed by atoms with Crippen molar-refractivity contribution in [3.8, 4) is 0 Å². The highest BCUT2D eigenvalue weighted by Gasteiger charge is 2.28. The lowest BCUT2D eigenvalue weighted by Crippen LogP contribution is -2.43. The summed E-state index contributed by atoms with van der Waals surface area (Å²) in [6, 6.07) is 0. The number of esters is 1. The Kier molecular flexibility index (Phi) is 6.16. The number of hydrogen-bond donors (Lipinski definition) is 1. The van der Waals surface area contributed by atoms with E-state index in [2.05, 4.69) is 9.46 Å². The maximum Gasteiger partial charge on any atom is 0.342 e. The highest BCUT2D eigenvalue weighted by molar-refractivity contribution is 7.90. The van der Waals surface area contributed by atoms with Crippen LogP contribution in [0.15, 0.2) is 0 Å². The van der Waals surface area contributed by atoms with Gasteiger partial charge >= 0.3 is 5.97 Å². The molecule has 15 heavy (non-hydrogen) atoms. The number of carbonyl (C=O) groups excluding carboxylic acids is 1. The first-order valence-electron chi connectivity index (χ1n) is 4.75. The van der Waals surface area contributed by atoms with Crippen molar-refractivity contribution in [3.05, 3.63) is 0 Å². The van der Waals surface area contributed by atoms with Gasteiger partial charge < -0.3 is 9.29 Å². The van der Waals surface area contributed by atoms with Gasteiger partial charge in [-0.1, -0.05) is 0 Å². The number of halogens is 1. The normalized spacial score (nSPS) is 15.9. The molecule has 0 spiro atoms. The van der Waals surface area contributed by atoms with E-state index in [0.29, 0.717) is 0 Å². The minimum atomic E-state index is -1.77. The Morgan fingerprint density at radius 3 is 2.53 bits per heavy atom. The zero-order valence-electron chi connectivity index (χ0n) is 9.50. The lowest BCUT2D eigenvalue weighted by Gasteiger charge is -2.23. The van der Waals surface area contributed by atoms with Crippen molar-refractivity contribution in [2.75, 3.05) is 13.2 Å². The molecule has 6 heteroatoms. The van der Waals surface area contributed by atoms with Gasteiger partial charge in [0.05, 0.1) is 13.2 Å². The number of carbonyl (C=O) groups is 1. The predicted octanol–water partition coefficient (Wildman–Crippen LogP) is 0.939. The van der Waals surface area contributed by atoms with E-state index in [0.717, 1.165) is 0 Å². The highest BCUT2D eigenvalue weighted by Crippen LogP contribution is 2.12. The van der Waals surface area contributed by atoms with Crippen LogP contribution >= 0.6 is 0 Å². The first-order chi connectivity index (χ1) is 6.79. The van der Waals surface area contributed by atoms with E-state index in [1.807, 2.05) is 0 Å². The molecule has 0 amide bonds. The molecule has 0 aliphatic carbocycles. The summed E-state index contributed by atoms with van der Waals surface area (Å²) in [5.74, 6) is -0.920. The first kappa shape index (κ1) is 14.7. The van der Waals surface area contributed by atoms with E-state index in [4.69, 9.17) is 0 Å². The van der Waals surface area contributed by atoms with Crippen LogP contribution in [-0.2, 0) is 20.9 Å². The van der Waals surface area contributed by atoms with E-state index in [1.165, 1.54) is 0 Å². The standard InChI is InChI=1S/C9H18FNO3S/c1-5-14-8(12)7(10)6-11-15(13)9(2,3)4/h7,11H,5-6H2,1-4H3. The summed E-state index contributed by atoms with van der Waals surface area (Å²) in [5, 5.41) is 0.